The average Bonchev–Trinajstić information content (AvgIpc) is 3.68. The number of amides is 3. The Balaban J connectivity index is 0.860. The maximum Gasteiger partial charge on any atom is 0.255 e. The van der Waals surface area contributed by atoms with Crippen molar-refractivity contribution < 1.29 is 28.2 Å². The van der Waals surface area contributed by atoms with E-state index >= 15 is 0 Å². The normalized spacial score (nSPS) is 15.7. The minimum atomic E-state index is -0.632. The molecule has 3 amide bonds. The number of imide groups is 1. The van der Waals surface area contributed by atoms with Crippen molar-refractivity contribution in [2.75, 3.05) is 32.2 Å². The minimum absolute atomic E-state index is 0.196. The molecule has 11 nitrogen and oxygen atoms in total. The van der Waals surface area contributed by atoms with Gasteiger partial charge in [0.1, 0.15) is 29.0 Å². The summed E-state index contributed by atoms with van der Waals surface area (Å²) < 4.78 is 28.5. The number of nitrogens with zero attached hydrogens (tertiary/aromatic N) is 5. The van der Waals surface area contributed by atoms with Crippen LogP contribution in [0.2, 0.25) is 0 Å². The first kappa shape index (κ1) is 32.8. The quantitative estimate of drug-likeness (QED) is 0.102. The van der Waals surface area contributed by atoms with Crippen LogP contribution in [0.4, 0.5) is 10.2 Å². The van der Waals surface area contributed by atoms with Gasteiger partial charge in [-0.1, -0.05) is 24.3 Å². The summed E-state index contributed by atoms with van der Waals surface area (Å²) >= 11 is 0. The third-order valence-electron chi connectivity index (χ3n) is 9.03. The lowest BCUT2D eigenvalue weighted by Gasteiger charge is -2.29. The van der Waals surface area contributed by atoms with Gasteiger partial charge in [0.25, 0.3) is 5.91 Å². The molecule has 0 radical (unpaired) electrons. The maximum absolute atomic E-state index is 14.6. The molecule has 0 aliphatic carbocycles. The number of pyridine rings is 2. The Morgan fingerprint density at radius 2 is 1.56 bits per heavy atom. The van der Waals surface area contributed by atoms with E-state index in [4.69, 9.17) is 14.5 Å². The van der Waals surface area contributed by atoms with E-state index in [2.05, 4.69) is 10.3 Å². The van der Waals surface area contributed by atoms with Gasteiger partial charge in [-0.25, -0.2) is 9.97 Å². The number of nitrogens with one attached hydrogen (secondary N) is 1. The van der Waals surface area contributed by atoms with Gasteiger partial charge >= 0.3 is 0 Å². The molecular weight excluding hydrogens is 639 g/mol. The number of imidazole rings is 1. The van der Waals surface area contributed by atoms with E-state index in [0.717, 1.165) is 53.0 Å². The van der Waals surface area contributed by atoms with E-state index in [1.54, 1.807) is 29.2 Å². The summed E-state index contributed by atoms with van der Waals surface area (Å²) in [6.45, 7) is 1.41. The van der Waals surface area contributed by atoms with Crippen LogP contribution in [0, 0.1) is 5.95 Å². The molecule has 2 aliphatic rings. The van der Waals surface area contributed by atoms with Crippen molar-refractivity contribution in [1.82, 2.24) is 24.6 Å². The Hall–Kier alpha value is -5.78. The summed E-state index contributed by atoms with van der Waals surface area (Å²) in [6.07, 6.45) is 7.04. The molecule has 2 aliphatic heterocycles. The number of rotatable bonds is 12. The smallest absolute Gasteiger partial charge is 0.255 e. The number of unbranched alkanes of at least 4 members (excludes halogenated alkanes) is 2. The summed E-state index contributed by atoms with van der Waals surface area (Å²) in [5.41, 5.74) is 5.10. The highest BCUT2D eigenvalue weighted by Crippen LogP contribution is 2.31. The van der Waals surface area contributed by atoms with Crippen LogP contribution in [0.25, 0.3) is 28.0 Å². The molecule has 50 heavy (non-hydrogen) atoms. The van der Waals surface area contributed by atoms with E-state index in [9.17, 15) is 18.8 Å². The monoisotopic (exact) mass is 676 g/mol. The van der Waals surface area contributed by atoms with Crippen molar-refractivity contribution in [2.45, 2.75) is 44.7 Å². The minimum Gasteiger partial charge on any atom is -0.494 e. The van der Waals surface area contributed by atoms with Crippen LogP contribution >= 0.6 is 0 Å². The second-order valence-electron chi connectivity index (χ2n) is 12.7. The topological polar surface area (TPSA) is 118 Å². The molecule has 7 rings (SSSR count). The summed E-state index contributed by atoms with van der Waals surface area (Å²) in [4.78, 5) is 48.8. The largest absolute Gasteiger partial charge is 0.494 e. The Morgan fingerprint density at radius 1 is 0.840 bits per heavy atom. The summed E-state index contributed by atoms with van der Waals surface area (Å²) in [7, 11) is 3.65. The number of carbonyl (C=O) groups is 3. The van der Waals surface area contributed by atoms with E-state index in [1.165, 1.54) is 4.90 Å². The molecule has 1 atom stereocenters. The number of aromatic nitrogens is 3. The van der Waals surface area contributed by atoms with Crippen LogP contribution in [0.15, 0.2) is 79.1 Å². The van der Waals surface area contributed by atoms with Gasteiger partial charge in [-0.15, -0.1) is 0 Å². The molecule has 1 N–H and O–H groups in total. The number of hydrogen-bond donors (Lipinski definition) is 1. The number of hydrogen-bond acceptors (Lipinski definition) is 8. The standard InChI is InChI=1S/C38H37FN6O5/c1-43(2)33-16-13-29(36(39)41-33)24-6-8-25(9-7-24)31-23-44-22-28(11-15-34(44)40-31)50-19-5-3-4-18-49-27-10-12-30-26(20-27)21-45(38(30)48)32-14-17-35(46)42-37(32)47/h6-13,15-16,20,22-23,32H,3-5,14,17-19,21H2,1-2H3,(H,42,46,47). The molecule has 256 valence electrons. The van der Waals surface area contributed by atoms with E-state index in [0.29, 0.717) is 48.9 Å². The second kappa shape index (κ2) is 14.0. The van der Waals surface area contributed by atoms with Crippen LogP contribution in [-0.2, 0) is 16.1 Å². The third kappa shape index (κ3) is 6.87. The molecule has 3 aromatic heterocycles. The summed E-state index contributed by atoms with van der Waals surface area (Å²) in [6, 6.07) is 19.7. The molecule has 0 saturated carbocycles. The number of benzene rings is 2. The van der Waals surface area contributed by atoms with Gasteiger partial charge in [0.05, 0.1) is 25.1 Å². The molecule has 0 spiro atoms. The first-order chi connectivity index (χ1) is 24.2. The highest BCUT2D eigenvalue weighted by atomic mass is 19.1. The molecule has 12 heteroatoms. The van der Waals surface area contributed by atoms with Crippen molar-refractivity contribution in [3.8, 4) is 33.9 Å². The fourth-order valence-corrected chi connectivity index (χ4v) is 6.31. The first-order valence-electron chi connectivity index (χ1n) is 16.7. The van der Waals surface area contributed by atoms with Crippen molar-refractivity contribution in [3.05, 3.63) is 96.2 Å². The second-order valence-corrected chi connectivity index (χ2v) is 12.7. The van der Waals surface area contributed by atoms with E-state index in [1.807, 2.05) is 73.4 Å². The van der Waals surface area contributed by atoms with Gasteiger partial charge in [-0.3, -0.25) is 19.7 Å². The highest BCUT2D eigenvalue weighted by Gasteiger charge is 2.39. The SMILES string of the molecule is CN(C)c1ccc(-c2ccc(-c3cn4cc(OCCCCCOc5ccc6c(c5)CN(C5CCC(=O)NC5=O)C6=O)ccc4n3)cc2)c(F)n1. The number of ether oxygens (including phenoxy) is 2. The van der Waals surface area contributed by atoms with Gasteiger partial charge in [0.2, 0.25) is 17.8 Å². The Morgan fingerprint density at radius 3 is 2.30 bits per heavy atom. The van der Waals surface area contributed by atoms with Crippen LogP contribution in [0.5, 0.6) is 11.5 Å². The highest BCUT2D eigenvalue weighted by molar-refractivity contribution is 6.05. The number of piperidine rings is 1. The summed E-state index contributed by atoms with van der Waals surface area (Å²) in [5.74, 6) is 0.577. The molecule has 1 fully saturated rings. The van der Waals surface area contributed by atoms with E-state index in [-0.39, 0.29) is 18.2 Å². The summed E-state index contributed by atoms with van der Waals surface area (Å²) in [5, 5.41) is 2.33. The van der Waals surface area contributed by atoms with Gasteiger partial charge < -0.3 is 23.7 Å². The lowest BCUT2D eigenvalue weighted by atomic mass is 10.0. The average molecular weight is 677 g/mol. The maximum atomic E-state index is 14.6. The third-order valence-corrected chi connectivity index (χ3v) is 9.03. The van der Waals surface area contributed by atoms with Gasteiger partial charge in [0.15, 0.2) is 0 Å². The molecule has 1 unspecified atom stereocenters. The molecule has 5 heterocycles. The van der Waals surface area contributed by atoms with Crippen molar-refractivity contribution in [2.24, 2.45) is 0 Å². The predicted molar refractivity (Wildman–Crippen MR) is 185 cm³/mol. The molecular formula is C38H37FN6O5. The molecule has 5 aromatic rings. The van der Waals surface area contributed by atoms with Gasteiger partial charge in [-0.05, 0) is 79.3 Å². The molecule has 2 aromatic carbocycles. The fourth-order valence-electron chi connectivity index (χ4n) is 6.31. The number of anilines is 1. The fraction of sp³-hybridized carbons (Fsp3) is 0.289. The Bertz CT molecular complexity index is 2080. The van der Waals surface area contributed by atoms with Crippen molar-refractivity contribution in [3.63, 3.8) is 0 Å². The zero-order valence-corrected chi connectivity index (χ0v) is 27.9. The number of carbonyl (C=O) groups excluding carboxylic acids is 3. The Labute approximate surface area is 288 Å². The number of fused-ring (bicyclic) bond motifs is 2. The van der Waals surface area contributed by atoms with Crippen LogP contribution in [-0.4, -0.2) is 70.3 Å². The molecule has 1 saturated heterocycles. The number of halogens is 1. The molecule has 0 bridgehead atoms. The zero-order chi connectivity index (χ0) is 34.8. The van der Waals surface area contributed by atoms with Crippen molar-refractivity contribution in [1.29, 1.82) is 0 Å². The van der Waals surface area contributed by atoms with E-state index < -0.39 is 17.9 Å². The predicted octanol–water partition coefficient (Wildman–Crippen LogP) is 5.66. The Kier molecular flexibility index (Phi) is 9.16. The van der Waals surface area contributed by atoms with Crippen LogP contribution in [0.1, 0.15) is 48.0 Å². The first-order valence-corrected chi connectivity index (χ1v) is 16.7. The van der Waals surface area contributed by atoms with Crippen LogP contribution in [0.3, 0.4) is 0 Å². The van der Waals surface area contributed by atoms with Crippen LogP contribution < -0.4 is 19.7 Å². The van der Waals surface area contributed by atoms with Gasteiger partial charge in [-0.2, -0.15) is 4.39 Å². The lowest BCUT2D eigenvalue weighted by molar-refractivity contribution is -0.136. The lowest BCUT2D eigenvalue weighted by Crippen LogP contribution is -2.52. The van der Waals surface area contributed by atoms with Crippen molar-refractivity contribution >= 4 is 29.2 Å². The zero-order valence-electron chi connectivity index (χ0n) is 27.9. The van der Waals surface area contributed by atoms with Gasteiger partial charge in [0, 0.05) is 49.9 Å².